The van der Waals surface area contributed by atoms with Crippen LogP contribution in [0.4, 0.5) is 0 Å². The Morgan fingerprint density at radius 1 is 0.913 bits per heavy atom. The van der Waals surface area contributed by atoms with Crippen molar-refractivity contribution < 1.29 is 0 Å². The monoisotopic (exact) mass is 316 g/mol. The summed E-state index contributed by atoms with van der Waals surface area (Å²) in [6, 6.07) is 8.13. The Labute approximate surface area is 140 Å². The summed E-state index contributed by atoms with van der Waals surface area (Å²) in [5, 5.41) is 8.71. The number of fused-ring (bicyclic) bond motifs is 1. The Balaban J connectivity index is 2.14. The van der Waals surface area contributed by atoms with Gasteiger partial charge in [-0.2, -0.15) is 0 Å². The lowest BCUT2D eigenvalue weighted by atomic mass is 9.95. The minimum atomic E-state index is -0.405. The first-order chi connectivity index (χ1) is 11.2. The minimum absolute atomic E-state index is 0.405. The van der Waals surface area contributed by atoms with Crippen molar-refractivity contribution in [2.24, 2.45) is 5.73 Å². The van der Waals surface area contributed by atoms with Gasteiger partial charge in [0.05, 0.1) is 5.52 Å². The van der Waals surface area contributed by atoms with E-state index in [9.17, 15) is 0 Å². The third kappa shape index (κ3) is 4.77. The zero-order chi connectivity index (χ0) is 16.5. The van der Waals surface area contributed by atoms with Crippen molar-refractivity contribution in [1.29, 1.82) is 0 Å². The fourth-order valence-electron chi connectivity index (χ4n) is 3.25. The van der Waals surface area contributed by atoms with E-state index >= 15 is 0 Å². The summed E-state index contributed by atoms with van der Waals surface area (Å²) >= 11 is 0. The number of nitrogens with zero attached hydrogens (tertiary/aromatic N) is 3. The summed E-state index contributed by atoms with van der Waals surface area (Å²) in [7, 11) is 0. The number of hydrogen-bond donors (Lipinski definition) is 1. The molecule has 0 unspecified atom stereocenters. The predicted octanol–water partition coefficient (Wildman–Crippen LogP) is 4.98. The van der Waals surface area contributed by atoms with Gasteiger partial charge in [-0.1, -0.05) is 69.7 Å². The second kappa shape index (κ2) is 9.02. The molecule has 0 aliphatic heterocycles. The molecule has 128 valence electrons. The molecule has 0 fully saturated rings. The molecule has 2 N–H and O–H groups in total. The molecule has 2 rings (SSSR count). The molecular weight excluding hydrogens is 284 g/mol. The Kier molecular flexibility index (Phi) is 7.03. The minimum Gasteiger partial charge on any atom is -0.307 e. The van der Waals surface area contributed by atoms with E-state index in [0.717, 1.165) is 36.7 Å². The van der Waals surface area contributed by atoms with Gasteiger partial charge in [0.2, 0.25) is 0 Å². The summed E-state index contributed by atoms with van der Waals surface area (Å²) in [4.78, 5) is 0. The Hall–Kier alpha value is -1.42. The Bertz CT molecular complexity index is 564. The first-order valence-electron chi connectivity index (χ1n) is 9.31. The smallest absolute Gasteiger partial charge is 0.113 e. The van der Waals surface area contributed by atoms with Gasteiger partial charge >= 0.3 is 0 Å². The van der Waals surface area contributed by atoms with Gasteiger partial charge in [-0.3, -0.25) is 0 Å². The van der Waals surface area contributed by atoms with E-state index in [1.165, 1.54) is 38.5 Å². The highest BCUT2D eigenvalue weighted by molar-refractivity contribution is 5.74. The number of aromatic nitrogens is 3. The lowest BCUT2D eigenvalue weighted by Gasteiger charge is -2.30. The van der Waals surface area contributed by atoms with Crippen LogP contribution in [0, 0.1) is 0 Å². The molecule has 0 saturated carbocycles. The van der Waals surface area contributed by atoms with Gasteiger partial charge in [0.1, 0.15) is 11.2 Å². The molecule has 0 aliphatic carbocycles. The largest absolute Gasteiger partial charge is 0.307 e. The van der Waals surface area contributed by atoms with Crippen molar-refractivity contribution in [3.8, 4) is 0 Å². The Morgan fingerprint density at radius 3 is 2.13 bits per heavy atom. The number of hydrogen-bond acceptors (Lipinski definition) is 3. The van der Waals surface area contributed by atoms with Gasteiger partial charge in [0.25, 0.3) is 0 Å². The molecule has 0 amide bonds. The van der Waals surface area contributed by atoms with Crippen LogP contribution >= 0.6 is 0 Å². The van der Waals surface area contributed by atoms with Crippen molar-refractivity contribution >= 4 is 11.0 Å². The van der Waals surface area contributed by atoms with E-state index in [1.807, 2.05) is 22.9 Å². The molecule has 4 nitrogen and oxygen atoms in total. The maximum Gasteiger partial charge on any atom is 0.113 e. The maximum absolute atomic E-state index is 6.85. The zero-order valence-corrected chi connectivity index (χ0v) is 14.8. The molecular formula is C19H32N4. The third-order valence-electron chi connectivity index (χ3n) is 4.70. The summed E-state index contributed by atoms with van der Waals surface area (Å²) in [6.45, 7) is 4.48. The van der Waals surface area contributed by atoms with Crippen LogP contribution in [-0.2, 0) is 5.66 Å². The molecule has 23 heavy (non-hydrogen) atoms. The highest BCUT2D eigenvalue weighted by Gasteiger charge is 2.29. The maximum atomic E-state index is 6.85. The van der Waals surface area contributed by atoms with E-state index in [0.29, 0.717) is 0 Å². The van der Waals surface area contributed by atoms with E-state index < -0.39 is 5.66 Å². The van der Waals surface area contributed by atoms with Crippen LogP contribution in [0.1, 0.15) is 78.1 Å². The van der Waals surface area contributed by atoms with Gasteiger partial charge in [-0.15, -0.1) is 5.10 Å². The van der Waals surface area contributed by atoms with Crippen LogP contribution in [0.15, 0.2) is 24.3 Å². The second-order valence-corrected chi connectivity index (χ2v) is 6.71. The summed E-state index contributed by atoms with van der Waals surface area (Å²) in [6.07, 6.45) is 11.8. The van der Waals surface area contributed by atoms with Crippen molar-refractivity contribution in [2.75, 3.05) is 0 Å². The van der Waals surface area contributed by atoms with Crippen molar-refractivity contribution in [3.63, 3.8) is 0 Å². The SMILES string of the molecule is CCCCCCC(N)(CCCCCC)n1nnc2ccccc21. The molecule has 0 spiro atoms. The van der Waals surface area contributed by atoms with Gasteiger partial charge < -0.3 is 5.73 Å². The van der Waals surface area contributed by atoms with Crippen LogP contribution in [0.25, 0.3) is 11.0 Å². The molecule has 1 heterocycles. The standard InChI is InChI=1S/C19H32N4/c1-3-5-7-11-15-19(20,16-12-8-6-4-2)23-18-14-10-9-13-17(18)21-22-23/h9-10,13-14H,3-8,11-12,15-16,20H2,1-2H3. The van der Waals surface area contributed by atoms with Gasteiger partial charge in [-0.05, 0) is 37.8 Å². The van der Waals surface area contributed by atoms with E-state index in [2.05, 4.69) is 30.2 Å². The van der Waals surface area contributed by atoms with Crippen LogP contribution in [0.3, 0.4) is 0 Å². The summed E-state index contributed by atoms with van der Waals surface area (Å²) in [5.74, 6) is 0. The predicted molar refractivity (Wildman–Crippen MR) is 97.2 cm³/mol. The van der Waals surface area contributed by atoms with Crippen LogP contribution in [0.5, 0.6) is 0 Å². The number of nitrogens with two attached hydrogens (primary N) is 1. The molecule has 2 aromatic rings. The highest BCUT2D eigenvalue weighted by atomic mass is 15.5. The molecule has 0 saturated heterocycles. The van der Waals surface area contributed by atoms with E-state index in [-0.39, 0.29) is 0 Å². The molecule has 0 aliphatic rings. The van der Waals surface area contributed by atoms with Crippen molar-refractivity contribution in [2.45, 2.75) is 83.7 Å². The van der Waals surface area contributed by atoms with E-state index in [4.69, 9.17) is 5.73 Å². The lowest BCUT2D eigenvalue weighted by Crippen LogP contribution is -2.44. The average Bonchev–Trinajstić information content (AvgIpc) is 3.01. The fourth-order valence-corrected chi connectivity index (χ4v) is 3.25. The second-order valence-electron chi connectivity index (χ2n) is 6.71. The average molecular weight is 316 g/mol. The number of para-hydroxylation sites is 1. The molecule has 1 aromatic heterocycles. The van der Waals surface area contributed by atoms with Crippen LogP contribution in [0.2, 0.25) is 0 Å². The van der Waals surface area contributed by atoms with Gasteiger partial charge in [0.15, 0.2) is 0 Å². The molecule has 1 aromatic carbocycles. The Morgan fingerprint density at radius 2 is 1.52 bits per heavy atom. The number of rotatable bonds is 11. The normalized spacial score (nSPS) is 12.1. The van der Waals surface area contributed by atoms with Crippen LogP contribution in [-0.4, -0.2) is 15.0 Å². The summed E-state index contributed by atoms with van der Waals surface area (Å²) in [5.41, 5.74) is 8.44. The van der Waals surface area contributed by atoms with Gasteiger partial charge in [0, 0.05) is 0 Å². The fraction of sp³-hybridized carbons (Fsp3) is 0.684. The van der Waals surface area contributed by atoms with Crippen molar-refractivity contribution in [1.82, 2.24) is 15.0 Å². The third-order valence-corrected chi connectivity index (χ3v) is 4.70. The van der Waals surface area contributed by atoms with E-state index in [1.54, 1.807) is 0 Å². The summed E-state index contributed by atoms with van der Waals surface area (Å²) < 4.78 is 1.99. The molecule has 0 radical (unpaired) electrons. The highest BCUT2D eigenvalue weighted by Crippen LogP contribution is 2.28. The topological polar surface area (TPSA) is 56.7 Å². The zero-order valence-electron chi connectivity index (χ0n) is 14.8. The van der Waals surface area contributed by atoms with Gasteiger partial charge in [-0.25, -0.2) is 4.68 Å². The molecule has 4 heteroatoms. The van der Waals surface area contributed by atoms with Crippen molar-refractivity contribution in [3.05, 3.63) is 24.3 Å². The first-order valence-corrected chi connectivity index (χ1v) is 9.31. The number of benzene rings is 1. The molecule has 0 bridgehead atoms. The molecule has 0 atom stereocenters. The quantitative estimate of drug-likeness (QED) is 0.595. The number of unbranched alkanes of at least 4 members (excludes halogenated alkanes) is 6. The van der Waals surface area contributed by atoms with Crippen LogP contribution < -0.4 is 5.73 Å². The lowest BCUT2D eigenvalue weighted by molar-refractivity contribution is 0.213. The first kappa shape index (κ1) is 17.9.